The molecule has 2 aromatic rings. The summed E-state index contributed by atoms with van der Waals surface area (Å²) in [5.41, 5.74) is 1.97. The molecule has 0 fully saturated rings. The summed E-state index contributed by atoms with van der Waals surface area (Å²) in [6, 6.07) is 16.0. The zero-order chi connectivity index (χ0) is 13.5. The normalized spacial score (nSPS) is 19.6. The van der Waals surface area contributed by atoms with E-state index in [1.807, 2.05) is 42.5 Å². The lowest BCUT2D eigenvalue weighted by molar-refractivity contribution is 0.118. The predicted octanol–water partition coefficient (Wildman–Crippen LogP) is 4.66. The number of benzene rings is 2. The van der Waals surface area contributed by atoms with Gasteiger partial charge >= 0.3 is 0 Å². The van der Waals surface area contributed by atoms with Gasteiger partial charge in [-0.3, -0.25) is 0 Å². The van der Waals surface area contributed by atoms with Gasteiger partial charge < -0.3 is 10.1 Å². The van der Waals surface area contributed by atoms with Crippen molar-refractivity contribution in [1.82, 2.24) is 0 Å². The molecule has 2 nitrogen and oxygen atoms in total. The molecule has 0 saturated heterocycles. The third-order valence-corrected chi connectivity index (χ3v) is 3.71. The summed E-state index contributed by atoms with van der Waals surface area (Å²) < 4.78 is 6.01. The fraction of sp³-hybridized carbons (Fsp3) is 0.250. The molecule has 3 heteroatoms. The lowest BCUT2D eigenvalue weighted by Gasteiger charge is -2.28. The van der Waals surface area contributed by atoms with Crippen molar-refractivity contribution in [2.24, 2.45) is 0 Å². The number of rotatable bonds is 2. The van der Waals surface area contributed by atoms with E-state index in [-0.39, 0.29) is 11.6 Å². The van der Waals surface area contributed by atoms with Gasteiger partial charge in [0.05, 0.1) is 6.04 Å². The lowest BCUT2D eigenvalue weighted by Crippen LogP contribution is -2.34. The van der Waals surface area contributed by atoms with Crippen LogP contribution in [-0.4, -0.2) is 5.60 Å². The highest BCUT2D eigenvalue weighted by atomic mass is 35.5. The number of halogens is 1. The molecule has 0 spiro atoms. The van der Waals surface area contributed by atoms with E-state index in [1.165, 1.54) is 5.56 Å². The number of hydrogen-bond acceptors (Lipinski definition) is 2. The van der Waals surface area contributed by atoms with Gasteiger partial charge in [0.25, 0.3) is 0 Å². The molecule has 0 amide bonds. The first-order chi connectivity index (χ1) is 9.06. The fourth-order valence-corrected chi connectivity index (χ4v) is 2.62. The Morgan fingerprint density at radius 2 is 1.74 bits per heavy atom. The molecule has 19 heavy (non-hydrogen) atoms. The van der Waals surface area contributed by atoms with Gasteiger partial charge in [0, 0.05) is 16.3 Å². The second-order valence-corrected chi connectivity index (χ2v) is 5.76. The van der Waals surface area contributed by atoms with E-state index in [1.54, 1.807) is 0 Å². The van der Waals surface area contributed by atoms with Crippen molar-refractivity contribution in [3.8, 4) is 5.75 Å². The summed E-state index contributed by atoms with van der Waals surface area (Å²) in [5, 5.41) is 4.27. The molecular formula is C16H16ClNO. The van der Waals surface area contributed by atoms with E-state index >= 15 is 0 Å². The van der Waals surface area contributed by atoms with Crippen molar-refractivity contribution < 1.29 is 4.74 Å². The Hall–Kier alpha value is -1.67. The minimum atomic E-state index is -0.274. The van der Waals surface area contributed by atoms with E-state index in [0.29, 0.717) is 0 Å². The van der Waals surface area contributed by atoms with Crippen LogP contribution in [0.2, 0.25) is 5.02 Å². The highest BCUT2D eigenvalue weighted by Gasteiger charge is 2.40. The van der Waals surface area contributed by atoms with Crippen LogP contribution in [0.1, 0.15) is 25.5 Å². The van der Waals surface area contributed by atoms with Crippen LogP contribution in [0.5, 0.6) is 5.75 Å². The van der Waals surface area contributed by atoms with E-state index < -0.39 is 0 Å². The van der Waals surface area contributed by atoms with Gasteiger partial charge in [0.1, 0.15) is 11.4 Å². The third-order valence-electron chi connectivity index (χ3n) is 3.45. The van der Waals surface area contributed by atoms with Crippen molar-refractivity contribution in [3.63, 3.8) is 0 Å². The molecule has 1 unspecified atom stereocenters. The molecule has 0 radical (unpaired) electrons. The van der Waals surface area contributed by atoms with Gasteiger partial charge in [-0.1, -0.05) is 29.8 Å². The third kappa shape index (κ3) is 2.28. The maximum absolute atomic E-state index is 6.01. The molecule has 1 N–H and O–H groups in total. The first-order valence-electron chi connectivity index (χ1n) is 6.36. The number of ether oxygens (including phenoxy) is 1. The Kier molecular flexibility index (Phi) is 2.90. The minimum Gasteiger partial charge on any atom is -0.485 e. The molecular weight excluding hydrogens is 258 g/mol. The quantitative estimate of drug-likeness (QED) is 0.859. The van der Waals surface area contributed by atoms with Crippen molar-refractivity contribution in [2.75, 3.05) is 5.32 Å². The van der Waals surface area contributed by atoms with Crippen LogP contribution >= 0.6 is 11.6 Å². The van der Waals surface area contributed by atoms with E-state index in [2.05, 4.69) is 25.2 Å². The number of para-hydroxylation sites is 1. The first-order valence-corrected chi connectivity index (χ1v) is 6.74. The Balaban J connectivity index is 1.93. The summed E-state index contributed by atoms with van der Waals surface area (Å²) in [5.74, 6) is 0.957. The van der Waals surface area contributed by atoms with Crippen LogP contribution in [0.25, 0.3) is 0 Å². The fourth-order valence-electron chi connectivity index (χ4n) is 2.49. The highest BCUT2D eigenvalue weighted by molar-refractivity contribution is 6.30. The van der Waals surface area contributed by atoms with Crippen molar-refractivity contribution >= 4 is 17.3 Å². The molecule has 0 saturated carbocycles. The zero-order valence-electron chi connectivity index (χ0n) is 11.0. The molecule has 1 aliphatic rings. The monoisotopic (exact) mass is 273 g/mol. The number of hydrogen-bond donors (Lipinski definition) is 1. The highest BCUT2D eigenvalue weighted by Crippen LogP contribution is 2.44. The lowest BCUT2D eigenvalue weighted by atomic mass is 9.94. The van der Waals surface area contributed by atoms with Crippen LogP contribution in [0.3, 0.4) is 0 Å². The predicted molar refractivity (Wildman–Crippen MR) is 79.0 cm³/mol. The van der Waals surface area contributed by atoms with E-state index in [4.69, 9.17) is 16.3 Å². The topological polar surface area (TPSA) is 21.3 Å². The average Bonchev–Trinajstić information content (AvgIpc) is 2.63. The Labute approximate surface area is 118 Å². The van der Waals surface area contributed by atoms with Gasteiger partial charge in [0.2, 0.25) is 0 Å². The standard InChI is InChI=1S/C16H16ClNO/c1-16(2)15(13-5-3-4-6-14(13)19-16)18-12-9-7-11(17)8-10-12/h3-10,15,18H,1-2H3. The second-order valence-electron chi connectivity index (χ2n) is 5.33. The Bertz CT molecular complexity index is 592. The zero-order valence-corrected chi connectivity index (χ0v) is 11.7. The maximum atomic E-state index is 6.01. The van der Waals surface area contributed by atoms with Crippen molar-refractivity contribution in [1.29, 1.82) is 0 Å². The van der Waals surface area contributed by atoms with Crippen LogP contribution in [-0.2, 0) is 0 Å². The van der Waals surface area contributed by atoms with Gasteiger partial charge in [-0.15, -0.1) is 0 Å². The second kappa shape index (κ2) is 4.46. The molecule has 0 aromatic heterocycles. The van der Waals surface area contributed by atoms with Crippen LogP contribution < -0.4 is 10.1 Å². The summed E-state index contributed by atoms with van der Waals surface area (Å²) in [7, 11) is 0. The summed E-state index contributed by atoms with van der Waals surface area (Å²) in [6.07, 6.45) is 0. The molecule has 3 rings (SSSR count). The van der Waals surface area contributed by atoms with E-state index in [9.17, 15) is 0 Å². The van der Waals surface area contributed by atoms with Gasteiger partial charge in [0.15, 0.2) is 0 Å². The summed E-state index contributed by atoms with van der Waals surface area (Å²) in [4.78, 5) is 0. The average molecular weight is 274 g/mol. The smallest absolute Gasteiger partial charge is 0.128 e. The number of nitrogens with one attached hydrogen (secondary N) is 1. The first kappa shape index (κ1) is 12.4. The van der Waals surface area contributed by atoms with Gasteiger partial charge in [-0.25, -0.2) is 0 Å². The summed E-state index contributed by atoms with van der Waals surface area (Å²) >= 11 is 5.91. The van der Waals surface area contributed by atoms with Crippen LogP contribution in [0.4, 0.5) is 5.69 Å². The van der Waals surface area contributed by atoms with Crippen molar-refractivity contribution in [3.05, 3.63) is 59.1 Å². The van der Waals surface area contributed by atoms with Crippen molar-refractivity contribution in [2.45, 2.75) is 25.5 Å². The minimum absolute atomic E-state index is 0.130. The molecule has 1 heterocycles. The Morgan fingerprint density at radius 1 is 1.05 bits per heavy atom. The molecule has 98 valence electrons. The molecule has 1 atom stereocenters. The Morgan fingerprint density at radius 3 is 2.47 bits per heavy atom. The number of anilines is 1. The molecule has 0 bridgehead atoms. The molecule has 0 aliphatic carbocycles. The summed E-state index contributed by atoms with van der Waals surface area (Å²) in [6.45, 7) is 4.20. The molecule has 2 aromatic carbocycles. The van der Waals surface area contributed by atoms with Gasteiger partial charge in [-0.2, -0.15) is 0 Å². The number of fused-ring (bicyclic) bond motifs is 1. The van der Waals surface area contributed by atoms with Crippen LogP contribution in [0.15, 0.2) is 48.5 Å². The van der Waals surface area contributed by atoms with E-state index in [0.717, 1.165) is 16.5 Å². The molecule has 1 aliphatic heterocycles. The van der Waals surface area contributed by atoms with Crippen LogP contribution in [0, 0.1) is 0 Å². The van der Waals surface area contributed by atoms with Gasteiger partial charge in [-0.05, 0) is 44.2 Å². The SMILES string of the molecule is CC1(C)Oc2ccccc2C1Nc1ccc(Cl)cc1. The largest absolute Gasteiger partial charge is 0.485 e. The maximum Gasteiger partial charge on any atom is 0.128 e.